The van der Waals surface area contributed by atoms with Crippen molar-refractivity contribution in [2.75, 3.05) is 25.4 Å². The number of nitrogen functional groups attached to an aromatic ring is 1. The van der Waals surface area contributed by atoms with Crippen molar-refractivity contribution in [1.29, 1.82) is 0 Å². The highest BCUT2D eigenvalue weighted by Gasteiger charge is 2.32. The molecule has 0 aliphatic carbocycles. The molecule has 2 rings (SSSR count). The van der Waals surface area contributed by atoms with Gasteiger partial charge in [0.15, 0.2) is 0 Å². The summed E-state index contributed by atoms with van der Waals surface area (Å²) in [4.78, 5) is -0.0760. The van der Waals surface area contributed by atoms with Crippen LogP contribution in [0.5, 0.6) is 0 Å². The van der Waals surface area contributed by atoms with Gasteiger partial charge in [-0.05, 0) is 47.8 Å². The zero-order valence-electron chi connectivity index (χ0n) is 11.7. The normalized spacial score (nSPS) is 20.6. The Morgan fingerprint density at radius 1 is 1.52 bits per heavy atom. The lowest BCUT2D eigenvalue weighted by molar-refractivity contribution is 0.0265. The van der Waals surface area contributed by atoms with Crippen molar-refractivity contribution in [3.05, 3.63) is 22.4 Å². The van der Waals surface area contributed by atoms with Gasteiger partial charge in [0.05, 0.1) is 16.3 Å². The largest absolute Gasteiger partial charge is 0.398 e. The summed E-state index contributed by atoms with van der Waals surface area (Å²) in [6.45, 7) is 3.14. The second-order valence-corrected chi connectivity index (χ2v) is 7.65. The maximum Gasteiger partial charge on any atom is 0.245 e. The zero-order valence-corrected chi connectivity index (χ0v) is 14.1. The number of hydrogen-bond acceptors (Lipinski definition) is 4. The first-order chi connectivity index (χ1) is 9.86. The Morgan fingerprint density at radius 2 is 2.24 bits per heavy atom. The average molecular weight is 381 g/mol. The van der Waals surface area contributed by atoms with Gasteiger partial charge in [-0.25, -0.2) is 12.8 Å². The first kappa shape index (κ1) is 16.7. The van der Waals surface area contributed by atoms with Crippen LogP contribution in [0.2, 0.25) is 0 Å². The molecule has 1 aliphatic rings. The van der Waals surface area contributed by atoms with E-state index >= 15 is 0 Å². The monoisotopic (exact) mass is 380 g/mol. The Morgan fingerprint density at radius 3 is 2.90 bits per heavy atom. The molecule has 1 aliphatic heterocycles. The summed E-state index contributed by atoms with van der Waals surface area (Å²) in [6, 6.07) is 2.23. The van der Waals surface area contributed by atoms with E-state index in [4.69, 9.17) is 10.5 Å². The Bertz CT molecular complexity index is 622. The van der Waals surface area contributed by atoms with Crippen LogP contribution in [-0.4, -0.2) is 38.5 Å². The van der Waals surface area contributed by atoms with Crippen LogP contribution in [-0.2, 0) is 14.8 Å². The fourth-order valence-electron chi connectivity index (χ4n) is 2.40. The summed E-state index contributed by atoms with van der Waals surface area (Å²) < 4.78 is 45.7. The Labute approximate surface area is 132 Å². The number of ether oxygens (including phenoxy) is 1. The second-order valence-electron chi connectivity index (χ2n) is 4.89. The molecule has 1 fully saturated rings. The molecule has 2 N–H and O–H groups in total. The van der Waals surface area contributed by atoms with Crippen LogP contribution in [0.3, 0.4) is 0 Å². The quantitative estimate of drug-likeness (QED) is 0.813. The van der Waals surface area contributed by atoms with Gasteiger partial charge in [0.2, 0.25) is 10.0 Å². The number of rotatable bonds is 4. The van der Waals surface area contributed by atoms with Crippen molar-refractivity contribution in [1.82, 2.24) is 4.31 Å². The average Bonchev–Trinajstić information content (AvgIpc) is 2.43. The van der Waals surface area contributed by atoms with Crippen LogP contribution in [0, 0.1) is 5.82 Å². The van der Waals surface area contributed by atoms with Gasteiger partial charge >= 0.3 is 0 Å². The predicted molar refractivity (Wildman–Crippen MR) is 81.9 cm³/mol. The molecule has 0 radical (unpaired) electrons. The summed E-state index contributed by atoms with van der Waals surface area (Å²) in [5.41, 5.74) is 5.59. The minimum absolute atomic E-state index is 0.0760. The first-order valence-corrected chi connectivity index (χ1v) is 8.95. The van der Waals surface area contributed by atoms with E-state index in [0.29, 0.717) is 19.7 Å². The highest BCUT2D eigenvalue weighted by Crippen LogP contribution is 2.30. The molecule has 8 heteroatoms. The van der Waals surface area contributed by atoms with Crippen molar-refractivity contribution < 1.29 is 17.5 Å². The van der Waals surface area contributed by atoms with E-state index in [2.05, 4.69) is 15.9 Å². The Kier molecular flexibility index (Phi) is 5.24. The molecule has 1 saturated heterocycles. The number of nitrogens with two attached hydrogens (primary N) is 1. The van der Waals surface area contributed by atoms with E-state index in [0.717, 1.165) is 18.9 Å². The van der Waals surface area contributed by atoms with Gasteiger partial charge in [-0.2, -0.15) is 4.31 Å². The first-order valence-electron chi connectivity index (χ1n) is 6.72. The third-order valence-corrected chi connectivity index (χ3v) is 5.94. The van der Waals surface area contributed by atoms with Crippen molar-refractivity contribution in [2.45, 2.75) is 30.8 Å². The number of hydrogen-bond donors (Lipinski definition) is 1. The van der Waals surface area contributed by atoms with Gasteiger partial charge in [0.1, 0.15) is 10.7 Å². The van der Waals surface area contributed by atoms with E-state index in [1.807, 2.05) is 6.92 Å². The molecule has 1 aromatic carbocycles. The number of sulfonamides is 1. The third kappa shape index (κ3) is 3.56. The molecule has 21 heavy (non-hydrogen) atoms. The second kappa shape index (κ2) is 6.60. The molecular formula is C13H18BrFN2O3S. The molecular weight excluding hydrogens is 363 g/mol. The highest BCUT2D eigenvalue weighted by molar-refractivity contribution is 9.10. The van der Waals surface area contributed by atoms with Crippen molar-refractivity contribution in [3.8, 4) is 0 Å². The lowest BCUT2D eigenvalue weighted by Gasteiger charge is -2.32. The van der Waals surface area contributed by atoms with E-state index in [9.17, 15) is 12.8 Å². The Balaban J connectivity index is 2.31. The van der Waals surface area contributed by atoms with Crippen molar-refractivity contribution in [3.63, 3.8) is 0 Å². The fraction of sp³-hybridized carbons (Fsp3) is 0.538. The predicted octanol–water partition coefficient (Wildman–Crippen LogP) is 2.36. The van der Waals surface area contributed by atoms with E-state index in [1.165, 1.54) is 10.4 Å². The zero-order chi connectivity index (χ0) is 15.6. The number of nitrogens with zero attached hydrogens (tertiary/aromatic N) is 1. The van der Waals surface area contributed by atoms with Crippen molar-refractivity contribution >= 4 is 31.6 Å². The summed E-state index contributed by atoms with van der Waals surface area (Å²) in [5, 5.41) is 0. The molecule has 0 spiro atoms. The SMILES string of the molecule is CCOC1CCCN(S(=O)(=O)c2cc(Br)c(F)cc2N)C1. The smallest absolute Gasteiger partial charge is 0.245 e. The molecule has 0 amide bonds. The highest BCUT2D eigenvalue weighted by atomic mass is 79.9. The van der Waals surface area contributed by atoms with Gasteiger partial charge in [-0.1, -0.05) is 0 Å². The lowest BCUT2D eigenvalue weighted by atomic mass is 10.1. The number of halogens is 2. The maximum atomic E-state index is 13.4. The summed E-state index contributed by atoms with van der Waals surface area (Å²) in [6.07, 6.45) is 1.46. The molecule has 1 atom stereocenters. The molecule has 118 valence electrons. The molecule has 1 aromatic rings. The summed E-state index contributed by atoms with van der Waals surface area (Å²) in [7, 11) is -3.75. The van der Waals surface area contributed by atoms with Crippen LogP contribution < -0.4 is 5.73 Å². The maximum absolute atomic E-state index is 13.4. The van der Waals surface area contributed by atoms with Crippen molar-refractivity contribution in [2.24, 2.45) is 0 Å². The summed E-state index contributed by atoms with van der Waals surface area (Å²) >= 11 is 3.00. The fourth-order valence-corrected chi connectivity index (χ4v) is 4.53. The molecule has 0 saturated carbocycles. The van der Waals surface area contributed by atoms with Crippen LogP contribution >= 0.6 is 15.9 Å². The minimum atomic E-state index is -3.75. The number of piperidine rings is 1. The lowest BCUT2D eigenvalue weighted by Crippen LogP contribution is -2.43. The third-order valence-electron chi connectivity index (χ3n) is 3.41. The van der Waals surface area contributed by atoms with Crippen LogP contribution in [0.4, 0.5) is 10.1 Å². The van der Waals surface area contributed by atoms with Gasteiger partial charge in [-0.15, -0.1) is 0 Å². The standard InChI is InChI=1S/C13H18BrFN2O3S/c1-2-20-9-4-3-5-17(8-9)21(18,19)13-6-10(14)11(15)7-12(13)16/h6-7,9H,2-5,8,16H2,1H3. The van der Waals surface area contributed by atoms with E-state index < -0.39 is 15.8 Å². The summed E-state index contributed by atoms with van der Waals surface area (Å²) in [5.74, 6) is -0.586. The van der Waals surface area contributed by atoms with Gasteiger partial charge in [-0.3, -0.25) is 0 Å². The van der Waals surface area contributed by atoms with Crippen LogP contribution in [0.1, 0.15) is 19.8 Å². The van der Waals surface area contributed by atoms with Crippen LogP contribution in [0.15, 0.2) is 21.5 Å². The van der Waals surface area contributed by atoms with Crippen LogP contribution in [0.25, 0.3) is 0 Å². The topological polar surface area (TPSA) is 72.6 Å². The Hall–Kier alpha value is -0.700. The number of anilines is 1. The van der Waals surface area contributed by atoms with E-state index in [-0.39, 0.29) is 21.2 Å². The molecule has 0 bridgehead atoms. The van der Waals surface area contributed by atoms with Gasteiger partial charge < -0.3 is 10.5 Å². The molecule has 1 heterocycles. The molecule has 1 unspecified atom stereocenters. The molecule has 5 nitrogen and oxygen atoms in total. The molecule has 0 aromatic heterocycles. The van der Waals surface area contributed by atoms with E-state index in [1.54, 1.807) is 0 Å². The van der Waals surface area contributed by atoms with Gasteiger partial charge in [0.25, 0.3) is 0 Å². The minimum Gasteiger partial charge on any atom is -0.398 e. The van der Waals surface area contributed by atoms with Gasteiger partial charge in [0, 0.05) is 19.7 Å². The number of benzene rings is 1.